The molecule has 1 aliphatic carbocycles. The summed E-state index contributed by atoms with van der Waals surface area (Å²) < 4.78 is 7.89. The molecule has 1 saturated heterocycles. The van der Waals surface area contributed by atoms with Crippen LogP contribution in [0.4, 0.5) is 0 Å². The zero-order chi connectivity index (χ0) is 22.5. The van der Waals surface area contributed by atoms with Crippen molar-refractivity contribution in [2.24, 2.45) is 0 Å². The van der Waals surface area contributed by atoms with Crippen molar-refractivity contribution in [3.63, 3.8) is 0 Å². The SMILES string of the molecule is O=C(CSc1nc2c(n1-c1ccccc1)CCCC2)NCC1(c2ccccc2)CCOCC1. The molecular weight excluding hydrogens is 430 g/mol. The summed E-state index contributed by atoms with van der Waals surface area (Å²) in [5.41, 5.74) is 4.86. The highest BCUT2D eigenvalue weighted by atomic mass is 32.2. The molecule has 1 fully saturated rings. The molecule has 0 spiro atoms. The molecule has 2 aliphatic rings. The number of imidazole rings is 1. The molecule has 3 aromatic rings. The zero-order valence-corrected chi connectivity index (χ0v) is 19.8. The van der Waals surface area contributed by atoms with Crippen molar-refractivity contribution in [2.45, 2.75) is 49.1 Å². The summed E-state index contributed by atoms with van der Waals surface area (Å²) in [5.74, 6) is 0.423. The lowest BCUT2D eigenvalue weighted by Gasteiger charge is -2.38. The van der Waals surface area contributed by atoms with Gasteiger partial charge in [-0.2, -0.15) is 0 Å². The summed E-state index contributed by atoms with van der Waals surface area (Å²) in [6.07, 6.45) is 6.31. The minimum absolute atomic E-state index is 0.0541. The Labute approximate surface area is 200 Å². The second-order valence-electron chi connectivity index (χ2n) is 8.99. The third-order valence-corrected chi connectivity index (χ3v) is 7.85. The van der Waals surface area contributed by atoms with Gasteiger partial charge in [-0.05, 0) is 56.2 Å². The molecule has 0 radical (unpaired) electrons. The maximum absolute atomic E-state index is 12.9. The number of hydrogen-bond donors (Lipinski definition) is 1. The number of aromatic nitrogens is 2. The van der Waals surface area contributed by atoms with Crippen LogP contribution in [0.25, 0.3) is 5.69 Å². The fourth-order valence-corrected chi connectivity index (χ4v) is 5.91. The topological polar surface area (TPSA) is 56.2 Å². The van der Waals surface area contributed by atoms with Crippen LogP contribution in [0.3, 0.4) is 0 Å². The van der Waals surface area contributed by atoms with Gasteiger partial charge in [0.15, 0.2) is 5.16 Å². The Morgan fingerprint density at radius 3 is 2.45 bits per heavy atom. The minimum Gasteiger partial charge on any atom is -0.381 e. The van der Waals surface area contributed by atoms with E-state index in [0.29, 0.717) is 12.3 Å². The van der Waals surface area contributed by atoms with Gasteiger partial charge in [-0.1, -0.05) is 60.3 Å². The molecule has 33 heavy (non-hydrogen) atoms. The molecule has 5 rings (SSSR count). The summed E-state index contributed by atoms with van der Waals surface area (Å²) in [7, 11) is 0. The first-order valence-corrected chi connectivity index (χ1v) is 12.9. The number of hydrogen-bond acceptors (Lipinski definition) is 4. The van der Waals surface area contributed by atoms with Gasteiger partial charge >= 0.3 is 0 Å². The van der Waals surface area contributed by atoms with Gasteiger partial charge in [-0.15, -0.1) is 0 Å². The number of carbonyl (C=O) groups is 1. The number of para-hydroxylation sites is 1. The molecule has 0 saturated carbocycles. The number of rotatable bonds is 7. The first kappa shape index (κ1) is 22.2. The van der Waals surface area contributed by atoms with Crippen LogP contribution >= 0.6 is 11.8 Å². The van der Waals surface area contributed by atoms with Crippen LogP contribution in [-0.4, -0.2) is 41.0 Å². The van der Waals surface area contributed by atoms with Crippen molar-refractivity contribution in [3.8, 4) is 5.69 Å². The smallest absolute Gasteiger partial charge is 0.230 e. The maximum atomic E-state index is 12.9. The minimum atomic E-state index is -0.0541. The molecular formula is C27H31N3O2S. The number of fused-ring (bicyclic) bond motifs is 1. The van der Waals surface area contributed by atoms with Crippen LogP contribution < -0.4 is 5.32 Å². The highest BCUT2D eigenvalue weighted by molar-refractivity contribution is 7.99. The molecule has 1 aromatic heterocycles. The number of amides is 1. The van der Waals surface area contributed by atoms with Crippen molar-refractivity contribution >= 4 is 17.7 Å². The molecule has 6 heteroatoms. The van der Waals surface area contributed by atoms with E-state index in [-0.39, 0.29) is 11.3 Å². The quantitative estimate of drug-likeness (QED) is 0.518. The van der Waals surface area contributed by atoms with E-state index in [0.717, 1.165) is 49.7 Å². The first-order valence-electron chi connectivity index (χ1n) is 11.9. The second-order valence-corrected chi connectivity index (χ2v) is 9.93. The molecule has 1 amide bonds. The lowest BCUT2D eigenvalue weighted by molar-refractivity contribution is -0.119. The number of aryl methyl sites for hydroxylation is 1. The monoisotopic (exact) mass is 461 g/mol. The molecule has 172 valence electrons. The van der Waals surface area contributed by atoms with E-state index in [2.05, 4.69) is 58.4 Å². The lowest BCUT2D eigenvalue weighted by atomic mass is 9.74. The highest BCUT2D eigenvalue weighted by Crippen LogP contribution is 2.34. The highest BCUT2D eigenvalue weighted by Gasteiger charge is 2.34. The second kappa shape index (κ2) is 10.1. The summed E-state index contributed by atoms with van der Waals surface area (Å²) in [4.78, 5) is 17.9. The van der Waals surface area contributed by atoms with E-state index in [9.17, 15) is 4.79 Å². The fourth-order valence-electron chi connectivity index (χ4n) is 5.03. The third-order valence-electron chi connectivity index (χ3n) is 6.91. The van der Waals surface area contributed by atoms with Crippen LogP contribution in [0.1, 0.15) is 42.6 Å². The molecule has 0 atom stereocenters. The lowest BCUT2D eigenvalue weighted by Crippen LogP contribution is -2.45. The van der Waals surface area contributed by atoms with Gasteiger partial charge in [-0.25, -0.2) is 4.98 Å². The van der Waals surface area contributed by atoms with Gasteiger partial charge in [0.25, 0.3) is 0 Å². The first-order chi connectivity index (χ1) is 16.3. The molecule has 1 aliphatic heterocycles. The van der Waals surface area contributed by atoms with Crippen LogP contribution in [0.15, 0.2) is 65.8 Å². The molecule has 5 nitrogen and oxygen atoms in total. The summed E-state index contributed by atoms with van der Waals surface area (Å²) in [6, 6.07) is 20.9. The number of thioether (sulfide) groups is 1. The van der Waals surface area contributed by atoms with E-state index >= 15 is 0 Å². The summed E-state index contributed by atoms with van der Waals surface area (Å²) >= 11 is 1.54. The molecule has 2 heterocycles. The Morgan fingerprint density at radius 2 is 1.70 bits per heavy atom. The van der Waals surface area contributed by atoms with Gasteiger partial charge in [0, 0.05) is 36.6 Å². The summed E-state index contributed by atoms with van der Waals surface area (Å²) in [6.45, 7) is 2.11. The zero-order valence-electron chi connectivity index (χ0n) is 19.0. The predicted octanol–water partition coefficient (Wildman–Crippen LogP) is 4.71. The van der Waals surface area contributed by atoms with Gasteiger partial charge in [0.05, 0.1) is 11.4 Å². The van der Waals surface area contributed by atoms with Gasteiger partial charge in [-0.3, -0.25) is 9.36 Å². The fraction of sp³-hybridized carbons (Fsp3) is 0.407. The van der Waals surface area contributed by atoms with Crippen molar-refractivity contribution in [2.75, 3.05) is 25.5 Å². The van der Waals surface area contributed by atoms with Crippen molar-refractivity contribution in [1.29, 1.82) is 0 Å². The molecule has 1 N–H and O–H groups in total. The van der Waals surface area contributed by atoms with E-state index in [4.69, 9.17) is 9.72 Å². The Hall–Kier alpha value is -2.57. The number of nitrogens with one attached hydrogen (secondary N) is 1. The predicted molar refractivity (Wildman–Crippen MR) is 132 cm³/mol. The number of carbonyl (C=O) groups excluding carboxylic acids is 1. The van der Waals surface area contributed by atoms with E-state index in [1.165, 1.54) is 41.6 Å². The molecule has 0 bridgehead atoms. The van der Waals surface area contributed by atoms with E-state index in [1.54, 1.807) is 0 Å². The standard InChI is InChI=1S/C27H31N3O2S/c31-25(28-20-27(15-17-32-18-16-27)21-9-3-1-4-10-21)19-33-26-29-23-13-7-8-14-24(23)30(26)22-11-5-2-6-12-22/h1-6,9-12H,7-8,13-20H2,(H,28,31). The van der Waals surface area contributed by atoms with E-state index in [1.807, 2.05) is 12.1 Å². The largest absolute Gasteiger partial charge is 0.381 e. The van der Waals surface area contributed by atoms with Crippen molar-refractivity contribution in [1.82, 2.24) is 14.9 Å². The third kappa shape index (κ3) is 4.87. The Balaban J connectivity index is 1.28. The van der Waals surface area contributed by atoms with Crippen LogP contribution in [0, 0.1) is 0 Å². The van der Waals surface area contributed by atoms with Crippen LogP contribution in [0.5, 0.6) is 0 Å². The normalized spacial score (nSPS) is 17.3. The Kier molecular flexibility index (Phi) is 6.83. The van der Waals surface area contributed by atoms with Crippen molar-refractivity contribution < 1.29 is 9.53 Å². The summed E-state index contributed by atoms with van der Waals surface area (Å²) in [5, 5.41) is 4.15. The number of ether oxygens (including phenoxy) is 1. The van der Waals surface area contributed by atoms with Crippen LogP contribution in [-0.2, 0) is 27.8 Å². The average molecular weight is 462 g/mol. The number of nitrogens with zero attached hydrogens (tertiary/aromatic N) is 2. The maximum Gasteiger partial charge on any atom is 0.230 e. The van der Waals surface area contributed by atoms with E-state index < -0.39 is 0 Å². The van der Waals surface area contributed by atoms with Crippen LogP contribution in [0.2, 0.25) is 0 Å². The molecule has 0 unspecified atom stereocenters. The number of benzene rings is 2. The Morgan fingerprint density at radius 1 is 1.00 bits per heavy atom. The van der Waals surface area contributed by atoms with Crippen molar-refractivity contribution in [3.05, 3.63) is 77.6 Å². The average Bonchev–Trinajstić information content (AvgIpc) is 3.26. The van der Waals surface area contributed by atoms with Gasteiger partial charge < -0.3 is 10.1 Å². The van der Waals surface area contributed by atoms with Gasteiger partial charge in [0.1, 0.15) is 0 Å². The Bertz CT molecular complexity index is 1080. The molecule has 2 aromatic carbocycles. The van der Waals surface area contributed by atoms with Gasteiger partial charge in [0.2, 0.25) is 5.91 Å².